The van der Waals surface area contributed by atoms with Crippen LogP contribution in [0, 0.1) is 20.8 Å². The SMILES string of the molecule is Cc1cc(C)c(Oc2ccccc2C(=O)C(=O)O)c(C)c1. The number of ether oxygens (including phenoxy) is 1. The summed E-state index contributed by atoms with van der Waals surface area (Å²) in [6.45, 7) is 5.82. The van der Waals surface area contributed by atoms with E-state index in [9.17, 15) is 9.59 Å². The quantitative estimate of drug-likeness (QED) is 0.687. The molecule has 0 aromatic heterocycles. The van der Waals surface area contributed by atoms with Gasteiger partial charge < -0.3 is 9.84 Å². The van der Waals surface area contributed by atoms with E-state index in [4.69, 9.17) is 9.84 Å². The van der Waals surface area contributed by atoms with E-state index in [2.05, 4.69) is 0 Å². The second-order valence-electron chi connectivity index (χ2n) is 4.96. The van der Waals surface area contributed by atoms with Crippen LogP contribution in [-0.2, 0) is 4.79 Å². The summed E-state index contributed by atoms with van der Waals surface area (Å²) >= 11 is 0. The van der Waals surface area contributed by atoms with Gasteiger partial charge in [0.2, 0.25) is 0 Å². The summed E-state index contributed by atoms with van der Waals surface area (Å²) in [5, 5.41) is 8.87. The number of ketones is 1. The molecule has 2 rings (SSSR count). The molecule has 0 aliphatic rings. The van der Waals surface area contributed by atoms with Crippen molar-refractivity contribution in [1.29, 1.82) is 0 Å². The number of carbonyl (C=O) groups is 2. The van der Waals surface area contributed by atoms with Gasteiger partial charge in [0, 0.05) is 0 Å². The van der Waals surface area contributed by atoms with Gasteiger partial charge in [0.25, 0.3) is 5.78 Å². The van der Waals surface area contributed by atoms with Gasteiger partial charge in [-0.25, -0.2) is 4.79 Å². The van der Waals surface area contributed by atoms with E-state index in [0.29, 0.717) is 5.75 Å². The van der Waals surface area contributed by atoms with Crippen LogP contribution in [0.25, 0.3) is 0 Å². The number of hydrogen-bond acceptors (Lipinski definition) is 3. The summed E-state index contributed by atoms with van der Waals surface area (Å²) in [7, 11) is 0. The Hall–Kier alpha value is -2.62. The zero-order chi connectivity index (χ0) is 15.6. The normalized spacial score (nSPS) is 10.2. The number of carbonyl (C=O) groups excluding carboxylic acids is 1. The van der Waals surface area contributed by atoms with Crippen molar-refractivity contribution in [3.8, 4) is 11.5 Å². The van der Waals surface area contributed by atoms with E-state index in [1.807, 2.05) is 32.9 Å². The predicted molar refractivity (Wildman–Crippen MR) is 79.1 cm³/mol. The second kappa shape index (κ2) is 5.79. The Morgan fingerprint density at radius 3 is 2.14 bits per heavy atom. The van der Waals surface area contributed by atoms with E-state index < -0.39 is 11.8 Å². The number of carboxylic acid groups (broad SMARTS) is 1. The van der Waals surface area contributed by atoms with Gasteiger partial charge >= 0.3 is 5.97 Å². The number of rotatable bonds is 4. The molecule has 1 N–H and O–H groups in total. The molecule has 0 saturated carbocycles. The standard InChI is InChI=1S/C17H16O4/c1-10-8-11(2)16(12(3)9-10)21-14-7-5-4-6-13(14)15(18)17(19)20/h4-9H,1-3H3,(H,19,20). The Balaban J connectivity index is 2.46. The van der Waals surface area contributed by atoms with Gasteiger partial charge in [0.1, 0.15) is 11.5 Å². The first-order valence-corrected chi connectivity index (χ1v) is 6.52. The molecule has 0 heterocycles. The number of benzene rings is 2. The maximum atomic E-state index is 11.7. The maximum Gasteiger partial charge on any atom is 0.377 e. The number of Topliss-reactive ketones (excluding diaryl/α,β-unsaturated/α-hetero) is 1. The van der Waals surface area contributed by atoms with Gasteiger partial charge in [-0.15, -0.1) is 0 Å². The number of aryl methyl sites for hydroxylation is 3. The topological polar surface area (TPSA) is 63.6 Å². The first-order valence-electron chi connectivity index (χ1n) is 6.52. The molecule has 0 aliphatic heterocycles. The molecule has 4 nitrogen and oxygen atoms in total. The van der Waals surface area contributed by atoms with Gasteiger partial charge in [0.15, 0.2) is 0 Å². The summed E-state index contributed by atoms with van der Waals surface area (Å²) in [4.78, 5) is 22.6. The van der Waals surface area contributed by atoms with Crippen molar-refractivity contribution >= 4 is 11.8 Å². The average Bonchev–Trinajstić information content (AvgIpc) is 2.42. The fourth-order valence-electron chi connectivity index (χ4n) is 2.30. The Kier molecular flexibility index (Phi) is 4.08. The van der Waals surface area contributed by atoms with Crippen molar-refractivity contribution in [2.24, 2.45) is 0 Å². The van der Waals surface area contributed by atoms with Crippen LogP contribution in [0.2, 0.25) is 0 Å². The zero-order valence-electron chi connectivity index (χ0n) is 12.1. The number of aliphatic carboxylic acids is 1. The van der Waals surface area contributed by atoms with E-state index in [1.54, 1.807) is 18.2 Å². The summed E-state index contributed by atoms with van der Waals surface area (Å²) in [5.74, 6) is -1.58. The lowest BCUT2D eigenvalue weighted by molar-refractivity contribution is -0.131. The highest BCUT2D eigenvalue weighted by Gasteiger charge is 2.20. The Morgan fingerprint density at radius 1 is 1.00 bits per heavy atom. The number of para-hydroxylation sites is 1. The minimum absolute atomic E-state index is 0.0457. The van der Waals surface area contributed by atoms with Gasteiger partial charge in [-0.05, 0) is 44.0 Å². The van der Waals surface area contributed by atoms with Crippen LogP contribution in [0.5, 0.6) is 11.5 Å². The van der Waals surface area contributed by atoms with Crippen LogP contribution in [0.4, 0.5) is 0 Å². The first kappa shape index (κ1) is 14.8. The minimum Gasteiger partial charge on any atom is -0.475 e. The molecule has 2 aromatic carbocycles. The molecule has 0 bridgehead atoms. The zero-order valence-corrected chi connectivity index (χ0v) is 12.1. The number of hydrogen-bond donors (Lipinski definition) is 1. The maximum absolute atomic E-state index is 11.7. The molecule has 108 valence electrons. The van der Waals surface area contributed by atoms with Crippen LogP contribution in [0.3, 0.4) is 0 Å². The molecule has 0 unspecified atom stereocenters. The Labute approximate surface area is 123 Å². The lowest BCUT2D eigenvalue weighted by Gasteiger charge is -2.14. The van der Waals surface area contributed by atoms with Crippen molar-refractivity contribution in [1.82, 2.24) is 0 Å². The van der Waals surface area contributed by atoms with E-state index >= 15 is 0 Å². The summed E-state index contributed by atoms with van der Waals surface area (Å²) in [6, 6.07) is 10.3. The molecule has 4 heteroatoms. The van der Waals surface area contributed by atoms with Crippen LogP contribution in [0.15, 0.2) is 36.4 Å². The van der Waals surface area contributed by atoms with Crippen LogP contribution < -0.4 is 4.74 Å². The highest BCUT2D eigenvalue weighted by atomic mass is 16.5. The average molecular weight is 284 g/mol. The minimum atomic E-state index is -1.50. The van der Waals surface area contributed by atoms with Crippen molar-refractivity contribution < 1.29 is 19.4 Å². The van der Waals surface area contributed by atoms with Crippen LogP contribution >= 0.6 is 0 Å². The van der Waals surface area contributed by atoms with Crippen molar-refractivity contribution in [3.05, 3.63) is 58.7 Å². The second-order valence-corrected chi connectivity index (χ2v) is 4.96. The molecule has 0 spiro atoms. The van der Waals surface area contributed by atoms with Crippen LogP contribution in [0.1, 0.15) is 27.0 Å². The Bertz CT molecular complexity index is 693. The molecule has 0 saturated heterocycles. The smallest absolute Gasteiger partial charge is 0.377 e. The largest absolute Gasteiger partial charge is 0.475 e. The van der Waals surface area contributed by atoms with E-state index in [1.165, 1.54) is 6.07 Å². The predicted octanol–water partition coefficient (Wildman–Crippen LogP) is 3.67. The molecule has 0 amide bonds. The number of carboxylic acids is 1. The summed E-state index contributed by atoms with van der Waals surface area (Å²) in [6.07, 6.45) is 0. The molecular weight excluding hydrogens is 268 g/mol. The van der Waals surface area contributed by atoms with Gasteiger partial charge in [-0.3, -0.25) is 4.79 Å². The van der Waals surface area contributed by atoms with E-state index in [0.717, 1.165) is 16.7 Å². The third-order valence-electron chi connectivity index (χ3n) is 3.14. The fraction of sp³-hybridized carbons (Fsp3) is 0.176. The van der Waals surface area contributed by atoms with Gasteiger partial charge in [0.05, 0.1) is 5.56 Å². The van der Waals surface area contributed by atoms with Gasteiger partial charge in [-0.1, -0.05) is 29.8 Å². The third-order valence-corrected chi connectivity index (χ3v) is 3.14. The molecule has 0 aliphatic carbocycles. The molecule has 0 radical (unpaired) electrons. The van der Waals surface area contributed by atoms with Crippen molar-refractivity contribution in [2.45, 2.75) is 20.8 Å². The molecule has 0 fully saturated rings. The van der Waals surface area contributed by atoms with E-state index in [-0.39, 0.29) is 11.3 Å². The van der Waals surface area contributed by atoms with Crippen LogP contribution in [-0.4, -0.2) is 16.9 Å². The third kappa shape index (κ3) is 3.11. The Morgan fingerprint density at radius 2 is 1.57 bits per heavy atom. The summed E-state index contributed by atoms with van der Waals surface area (Å²) < 4.78 is 5.81. The highest BCUT2D eigenvalue weighted by molar-refractivity contribution is 6.40. The first-order chi connectivity index (χ1) is 9.90. The molecule has 21 heavy (non-hydrogen) atoms. The monoisotopic (exact) mass is 284 g/mol. The lowest BCUT2D eigenvalue weighted by atomic mass is 10.1. The molecule has 0 atom stereocenters. The fourth-order valence-corrected chi connectivity index (χ4v) is 2.30. The van der Waals surface area contributed by atoms with Gasteiger partial charge in [-0.2, -0.15) is 0 Å². The molecule has 2 aromatic rings. The highest BCUT2D eigenvalue weighted by Crippen LogP contribution is 2.31. The summed E-state index contributed by atoms with van der Waals surface area (Å²) in [5.41, 5.74) is 3.03. The molecular formula is C17H16O4. The van der Waals surface area contributed by atoms with Crippen molar-refractivity contribution in [3.63, 3.8) is 0 Å². The lowest BCUT2D eigenvalue weighted by Crippen LogP contribution is -2.13. The van der Waals surface area contributed by atoms with Crippen molar-refractivity contribution in [2.75, 3.05) is 0 Å².